The molecule has 0 heterocycles. The van der Waals surface area contributed by atoms with E-state index in [1.165, 1.54) is 0 Å². The number of hydrogen-bond acceptors (Lipinski definition) is 3. The Labute approximate surface area is 93.8 Å². The number of ether oxygens (including phenoxy) is 2. The van der Waals surface area contributed by atoms with Gasteiger partial charge in [0.2, 0.25) is 0 Å². The van der Waals surface area contributed by atoms with E-state index in [1.807, 2.05) is 12.1 Å². The molecule has 1 aromatic carbocycles. The van der Waals surface area contributed by atoms with Gasteiger partial charge in [-0.3, -0.25) is 4.79 Å². The lowest BCUT2D eigenvalue weighted by molar-refractivity contribution is -0.138. The highest BCUT2D eigenvalue weighted by Gasteiger charge is 2.45. The molecule has 1 aliphatic rings. The minimum absolute atomic E-state index is 0.0579. The van der Waals surface area contributed by atoms with Gasteiger partial charge in [-0.05, 0) is 24.6 Å². The average molecular weight is 222 g/mol. The van der Waals surface area contributed by atoms with Gasteiger partial charge in [0.1, 0.15) is 11.5 Å². The molecule has 2 atom stereocenters. The molecule has 1 aromatic rings. The molecule has 2 rings (SSSR count). The highest BCUT2D eigenvalue weighted by molar-refractivity contribution is 5.75. The Balaban J connectivity index is 2.28. The van der Waals surface area contributed by atoms with Crippen molar-refractivity contribution in [3.8, 4) is 11.5 Å². The molecule has 86 valence electrons. The molecule has 1 fully saturated rings. The lowest BCUT2D eigenvalue weighted by Gasteiger charge is -2.09. The van der Waals surface area contributed by atoms with E-state index in [0.29, 0.717) is 6.42 Å². The van der Waals surface area contributed by atoms with E-state index in [4.69, 9.17) is 14.6 Å². The number of carboxylic acids is 1. The van der Waals surface area contributed by atoms with E-state index in [2.05, 4.69) is 0 Å². The predicted molar refractivity (Wildman–Crippen MR) is 58.0 cm³/mol. The Morgan fingerprint density at radius 1 is 1.38 bits per heavy atom. The Morgan fingerprint density at radius 2 is 2.12 bits per heavy atom. The van der Waals surface area contributed by atoms with Crippen molar-refractivity contribution in [1.82, 2.24) is 0 Å². The van der Waals surface area contributed by atoms with Crippen molar-refractivity contribution in [3.63, 3.8) is 0 Å². The van der Waals surface area contributed by atoms with Gasteiger partial charge < -0.3 is 14.6 Å². The van der Waals surface area contributed by atoms with Crippen LogP contribution in [0.15, 0.2) is 18.2 Å². The number of carbonyl (C=O) groups is 1. The van der Waals surface area contributed by atoms with Crippen molar-refractivity contribution in [2.45, 2.75) is 12.3 Å². The molecule has 1 saturated carbocycles. The first-order valence-electron chi connectivity index (χ1n) is 5.12. The summed E-state index contributed by atoms with van der Waals surface area (Å²) in [4.78, 5) is 10.8. The fraction of sp³-hybridized carbons (Fsp3) is 0.417. The van der Waals surface area contributed by atoms with Crippen LogP contribution in [0.2, 0.25) is 0 Å². The maximum atomic E-state index is 10.8. The summed E-state index contributed by atoms with van der Waals surface area (Å²) in [5, 5.41) is 8.90. The minimum atomic E-state index is -0.741. The van der Waals surface area contributed by atoms with Gasteiger partial charge >= 0.3 is 5.97 Å². The molecule has 0 unspecified atom stereocenters. The second-order valence-corrected chi connectivity index (χ2v) is 3.89. The molecule has 0 bridgehead atoms. The van der Waals surface area contributed by atoms with Crippen LogP contribution >= 0.6 is 0 Å². The Kier molecular flexibility index (Phi) is 2.73. The fourth-order valence-corrected chi connectivity index (χ4v) is 1.94. The molecule has 0 radical (unpaired) electrons. The van der Waals surface area contributed by atoms with E-state index in [-0.39, 0.29) is 11.8 Å². The van der Waals surface area contributed by atoms with Crippen LogP contribution < -0.4 is 9.47 Å². The van der Waals surface area contributed by atoms with Gasteiger partial charge in [-0.2, -0.15) is 0 Å². The Hall–Kier alpha value is -1.71. The predicted octanol–water partition coefficient (Wildman–Crippen LogP) is 1.89. The van der Waals surface area contributed by atoms with Crippen LogP contribution in [0.4, 0.5) is 0 Å². The number of benzene rings is 1. The van der Waals surface area contributed by atoms with Crippen LogP contribution in [0.25, 0.3) is 0 Å². The van der Waals surface area contributed by atoms with Crippen LogP contribution in [0.3, 0.4) is 0 Å². The van der Waals surface area contributed by atoms with Crippen LogP contribution in [0, 0.1) is 5.92 Å². The molecule has 16 heavy (non-hydrogen) atoms. The fourth-order valence-electron chi connectivity index (χ4n) is 1.94. The summed E-state index contributed by atoms with van der Waals surface area (Å²) in [5.74, 6) is 0.500. The lowest BCUT2D eigenvalue weighted by Crippen LogP contribution is -2.00. The summed E-state index contributed by atoms with van der Waals surface area (Å²) in [5.41, 5.74) is 0.925. The van der Waals surface area contributed by atoms with Gasteiger partial charge in [-0.1, -0.05) is 0 Å². The maximum absolute atomic E-state index is 10.8. The average Bonchev–Trinajstić information content (AvgIpc) is 3.08. The second-order valence-electron chi connectivity index (χ2n) is 3.89. The highest BCUT2D eigenvalue weighted by Crippen LogP contribution is 2.51. The molecule has 0 aliphatic heterocycles. The molecule has 1 aliphatic carbocycles. The number of rotatable bonds is 4. The van der Waals surface area contributed by atoms with Crippen molar-refractivity contribution in [3.05, 3.63) is 23.8 Å². The highest BCUT2D eigenvalue weighted by atomic mass is 16.5. The van der Waals surface area contributed by atoms with Crippen LogP contribution in [-0.2, 0) is 4.79 Å². The first kappa shape index (κ1) is 10.8. The monoisotopic (exact) mass is 222 g/mol. The number of aliphatic carboxylic acids is 1. The van der Waals surface area contributed by atoms with E-state index in [0.717, 1.165) is 17.1 Å². The van der Waals surface area contributed by atoms with Crippen LogP contribution in [0.1, 0.15) is 17.9 Å². The van der Waals surface area contributed by atoms with E-state index in [9.17, 15) is 4.79 Å². The first-order valence-corrected chi connectivity index (χ1v) is 5.12. The molecule has 0 spiro atoms. The second kappa shape index (κ2) is 4.04. The third-order valence-electron chi connectivity index (χ3n) is 2.94. The molecular weight excluding hydrogens is 208 g/mol. The van der Waals surface area contributed by atoms with Crippen molar-refractivity contribution in [1.29, 1.82) is 0 Å². The topological polar surface area (TPSA) is 55.8 Å². The third kappa shape index (κ3) is 1.83. The summed E-state index contributed by atoms with van der Waals surface area (Å²) in [6.45, 7) is 0. The van der Waals surface area contributed by atoms with Gasteiger partial charge in [-0.25, -0.2) is 0 Å². The quantitative estimate of drug-likeness (QED) is 0.845. The number of methoxy groups -OCH3 is 2. The van der Waals surface area contributed by atoms with E-state index < -0.39 is 5.97 Å². The summed E-state index contributed by atoms with van der Waals surface area (Å²) in [6.07, 6.45) is 0.679. The summed E-state index contributed by atoms with van der Waals surface area (Å²) < 4.78 is 10.4. The number of hydrogen-bond donors (Lipinski definition) is 1. The van der Waals surface area contributed by atoms with Gasteiger partial charge in [0.25, 0.3) is 0 Å². The van der Waals surface area contributed by atoms with E-state index >= 15 is 0 Å². The molecule has 4 nitrogen and oxygen atoms in total. The zero-order valence-corrected chi connectivity index (χ0v) is 9.27. The van der Waals surface area contributed by atoms with E-state index in [1.54, 1.807) is 20.3 Å². The standard InChI is InChI=1S/C12H14O4/c1-15-7-3-4-11(16-2)9(5-7)8-6-10(8)12(13)14/h3-5,8,10H,6H2,1-2H3,(H,13,14)/t8-,10+/m0/s1. The normalized spacial score (nSPS) is 22.6. The lowest BCUT2D eigenvalue weighted by atomic mass is 10.1. The molecule has 0 aromatic heterocycles. The zero-order valence-electron chi connectivity index (χ0n) is 9.27. The SMILES string of the molecule is COc1ccc(OC)c([C@@H]2C[C@H]2C(=O)O)c1. The summed E-state index contributed by atoms with van der Waals surface area (Å²) in [6, 6.07) is 5.47. The number of carboxylic acid groups (broad SMARTS) is 1. The Morgan fingerprint density at radius 3 is 2.62 bits per heavy atom. The van der Waals surface area contributed by atoms with Crippen molar-refractivity contribution in [2.75, 3.05) is 14.2 Å². The van der Waals surface area contributed by atoms with Crippen LogP contribution in [0.5, 0.6) is 11.5 Å². The van der Waals surface area contributed by atoms with Crippen LogP contribution in [-0.4, -0.2) is 25.3 Å². The van der Waals surface area contributed by atoms with Gasteiger partial charge in [-0.15, -0.1) is 0 Å². The molecule has 4 heteroatoms. The minimum Gasteiger partial charge on any atom is -0.497 e. The maximum Gasteiger partial charge on any atom is 0.307 e. The summed E-state index contributed by atoms with van der Waals surface area (Å²) in [7, 11) is 3.18. The largest absolute Gasteiger partial charge is 0.497 e. The molecule has 1 N–H and O–H groups in total. The van der Waals surface area contributed by atoms with Gasteiger partial charge in [0, 0.05) is 11.5 Å². The van der Waals surface area contributed by atoms with Crippen molar-refractivity contribution < 1.29 is 19.4 Å². The molecule has 0 amide bonds. The van der Waals surface area contributed by atoms with Gasteiger partial charge in [0.05, 0.1) is 20.1 Å². The third-order valence-corrected chi connectivity index (χ3v) is 2.94. The Bertz CT molecular complexity index is 413. The van der Waals surface area contributed by atoms with Crippen molar-refractivity contribution >= 4 is 5.97 Å². The molecular formula is C12H14O4. The smallest absolute Gasteiger partial charge is 0.307 e. The van der Waals surface area contributed by atoms with Gasteiger partial charge in [0.15, 0.2) is 0 Å². The first-order chi connectivity index (χ1) is 7.67. The zero-order chi connectivity index (χ0) is 11.7. The molecule has 0 saturated heterocycles. The summed E-state index contributed by atoms with van der Waals surface area (Å²) >= 11 is 0. The van der Waals surface area contributed by atoms with Crippen molar-refractivity contribution in [2.24, 2.45) is 5.92 Å².